The Morgan fingerprint density at radius 2 is 2.06 bits per heavy atom. The number of carboxylic acid groups (broad SMARTS) is 1. The smallest absolute Gasteiger partial charge is 0.356 e. The summed E-state index contributed by atoms with van der Waals surface area (Å²) in [5, 5.41) is 9.04. The Kier molecular flexibility index (Phi) is 3.32. The molecule has 94 valence electrons. The first-order chi connectivity index (χ1) is 8.65. The van der Waals surface area contributed by atoms with Gasteiger partial charge >= 0.3 is 5.97 Å². The summed E-state index contributed by atoms with van der Waals surface area (Å²) in [5.74, 6) is 0.300. The highest BCUT2D eigenvalue weighted by atomic mass is 16.5. The predicted molar refractivity (Wildman–Crippen MR) is 66.9 cm³/mol. The van der Waals surface area contributed by atoms with Crippen LogP contribution in [-0.2, 0) is 6.42 Å². The lowest BCUT2D eigenvalue weighted by atomic mass is 10.2. The van der Waals surface area contributed by atoms with Gasteiger partial charge in [0.1, 0.15) is 11.6 Å². The van der Waals surface area contributed by atoms with Crippen LogP contribution in [0.5, 0.6) is 5.75 Å². The fourth-order valence-corrected chi connectivity index (χ4v) is 1.73. The van der Waals surface area contributed by atoms with Crippen LogP contribution in [0.2, 0.25) is 0 Å². The number of benzene rings is 1. The molecule has 2 N–H and O–H groups in total. The molecule has 1 heterocycles. The van der Waals surface area contributed by atoms with Crippen molar-refractivity contribution in [3.8, 4) is 17.1 Å². The summed E-state index contributed by atoms with van der Waals surface area (Å²) in [4.78, 5) is 18.2. The van der Waals surface area contributed by atoms with Crippen molar-refractivity contribution in [3.63, 3.8) is 0 Å². The molecule has 1 aromatic carbocycles. The standard InChI is InChI=1S/C13H14N2O3/c1-3-10-11(13(16)17)15-12(14-10)8-4-6-9(18-2)7-5-8/h4-7H,3H2,1-2H3,(H,14,15)(H,16,17). The number of ether oxygens (including phenoxy) is 1. The number of aryl methyl sites for hydroxylation is 1. The minimum atomic E-state index is -1.01. The average Bonchev–Trinajstić information content (AvgIpc) is 2.83. The first-order valence-electron chi connectivity index (χ1n) is 5.62. The summed E-state index contributed by atoms with van der Waals surface area (Å²) < 4.78 is 5.07. The molecular formula is C13H14N2O3. The van der Waals surface area contributed by atoms with Crippen molar-refractivity contribution < 1.29 is 14.6 Å². The van der Waals surface area contributed by atoms with Gasteiger partial charge in [-0.1, -0.05) is 6.92 Å². The second-order valence-corrected chi connectivity index (χ2v) is 3.80. The zero-order chi connectivity index (χ0) is 13.1. The molecular weight excluding hydrogens is 232 g/mol. The number of aromatic amines is 1. The fraction of sp³-hybridized carbons (Fsp3) is 0.231. The van der Waals surface area contributed by atoms with E-state index in [9.17, 15) is 4.79 Å². The number of carboxylic acids is 1. The quantitative estimate of drug-likeness (QED) is 0.868. The van der Waals surface area contributed by atoms with Gasteiger partial charge in [-0.3, -0.25) is 0 Å². The van der Waals surface area contributed by atoms with E-state index in [2.05, 4.69) is 9.97 Å². The van der Waals surface area contributed by atoms with Crippen LogP contribution in [0.4, 0.5) is 0 Å². The molecule has 2 rings (SSSR count). The third-order valence-corrected chi connectivity index (χ3v) is 2.70. The number of hydrogen-bond donors (Lipinski definition) is 2. The van der Waals surface area contributed by atoms with Gasteiger partial charge in [-0.25, -0.2) is 9.78 Å². The largest absolute Gasteiger partial charge is 0.497 e. The van der Waals surface area contributed by atoms with Crippen LogP contribution in [0.25, 0.3) is 11.4 Å². The highest BCUT2D eigenvalue weighted by Crippen LogP contribution is 2.21. The van der Waals surface area contributed by atoms with E-state index < -0.39 is 5.97 Å². The molecule has 0 atom stereocenters. The minimum absolute atomic E-state index is 0.0864. The zero-order valence-electron chi connectivity index (χ0n) is 10.2. The molecule has 18 heavy (non-hydrogen) atoms. The Bertz CT molecular complexity index is 558. The van der Waals surface area contributed by atoms with Gasteiger partial charge in [-0.15, -0.1) is 0 Å². The number of aromatic nitrogens is 2. The number of methoxy groups -OCH3 is 1. The summed E-state index contributed by atoms with van der Waals surface area (Å²) >= 11 is 0. The van der Waals surface area contributed by atoms with Crippen molar-refractivity contribution in [2.45, 2.75) is 13.3 Å². The Morgan fingerprint density at radius 3 is 2.50 bits per heavy atom. The van der Waals surface area contributed by atoms with Crippen LogP contribution >= 0.6 is 0 Å². The lowest BCUT2D eigenvalue weighted by Crippen LogP contribution is -2.00. The van der Waals surface area contributed by atoms with Gasteiger partial charge in [0.15, 0.2) is 5.69 Å². The zero-order valence-corrected chi connectivity index (χ0v) is 10.2. The third-order valence-electron chi connectivity index (χ3n) is 2.70. The summed E-state index contributed by atoms with van der Waals surface area (Å²) in [6.45, 7) is 1.89. The van der Waals surface area contributed by atoms with Gasteiger partial charge in [-0.2, -0.15) is 0 Å². The number of nitrogens with zero attached hydrogens (tertiary/aromatic N) is 1. The molecule has 0 aliphatic heterocycles. The number of nitrogens with one attached hydrogen (secondary N) is 1. The molecule has 5 heteroatoms. The van der Waals surface area contributed by atoms with E-state index in [-0.39, 0.29) is 5.69 Å². The van der Waals surface area contributed by atoms with E-state index in [1.165, 1.54) is 0 Å². The molecule has 1 aromatic heterocycles. The minimum Gasteiger partial charge on any atom is -0.497 e. The maximum absolute atomic E-state index is 11.0. The molecule has 5 nitrogen and oxygen atoms in total. The predicted octanol–water partition coefficient (Wildman–Crippen LogP) is 2.35. The first kappa shape index (κ1) is 12.2. The Balaban J connectivity index is 2.40. The maximum Gasteiger partial charge on any atom is 0.356 e. The van der Waals surface area contributed by atoms with Gasteiger partial charge in [0, 0.05) is 11.3 Å². The number of imidazole rings is 1. The van der Waals surface area contributed by atoms with Crippen LogP contribution in [0, 0.1) is 0 Å². The summed E-state index contributed by atoms with van der Waals surface area (Å²) in [6.07, 6.45) is 0.602. The van der Waals surface area contributed by atoms with Crippen molar-refractivity contribution in [2.75, 3.05) is 7.11 Å². The molecule has 0 amide bonds. The van der Waals surface area contributed by atoms with Crippen LogP contribution < -0.4 is 4.74 Å². The van der Waals surface area contributed by atoms with E-state index in [0.29, 0.717) is 17.9 Å². The van der Waals surface area contributed by atoms with Crippen LogP contribution in [0.3, 0.4) is 0 Å². The molecule has 0 aliphatic rings. The molecule has 2 aromatic rings. The Labute approximate surface area is 104 Å². The van der Waals surface area contributed by atoms with Gasteiger partial charge < -0.3 is 14.8 Å². The van der Waals surface area contributed by atoms with E-state index in [4.69, 9.17) is 9.84 Å². The molecule has 0 saturated carbocycles. The highest BCUT2D eigenvalue weighted by Gasteiger charge is 2.15. The van der Waals surface area contributed by atoms with E-state index >= 15 is 0 Å². The summed E-state index contributed by atoms with van der Waals surface area (Å²) in [7, 11) is 1.60. The lowest BCUT2D eigenvalue weighted by molar-refractivity contribution is 0.0690. The van der Waals surface area contributed by atoms with Crippen molar-refractivity contribution in [3.05, 3.63) is 35.7 Å². The van der Waals surface area contributed by atoms with Crippen molar-refractivity contribution >= 4 is 5.97 Å². The van der Waals surface area contributed by atoms with Gasteiger partial charge in [0.05, 0.1) is 7.11 Å². The number of aromatic carboxylic acids is 1. The molecule has 0 saturated heterocycles. The topological polar surface area (TPSA) is 75.2 Å². The Hall–Kier alpha value is -2.30. The van der Waals surface area contributed by atoms with Gasteiger partial charge in [0.25, 0.3) is 0 Å². The second-order valence-electron chi connectivity index (χ2n) is 3.80. The molecule has 0 bridgehead atoms. The van der Waals surface area contributed by atoms with E-state index in [0.717, 1.165) is 11.3 Å². The monoisotopic (exact) mass is 246 g/mol. The fourth-order valence-electron chi connectivity index (χ4n) is 1.73. The van der Waals surface area contributed by atoms with Gasteiger partial charge in [0.2, 0.25) is 0 Å². The summed E-state index contributed by atoms with van der Waals surface area (Å²) in [6, 6.07) is 7.29. The maximum atomic E-state index is 11.0. The Morgan fingerprint density at radius 1 is 1.39 bits per heavy atom. The molecule has 0 aliphatic carbocycles. The third kappa shape index (κ3) is 2.20. The highest BCUT2D eigenvalue weighted by molar-refractivity contribution is 5.87. The van der Waals surface area contributed by atoms with E-state index in [1.807, 2.05) is 31.2 Å². The first-order valence-corrected chi connectivity index (χ1v) is 5.62. The molecule has 0 fully saturated rings. The molecule has 0 spiro atoms. The van der Waals surface area contributed by atoms with Crippen LogP contribution in [-0.4, -0.2) is 28.2 Å². The van der Waals surface area contributed by atoms with E-state index in [1.54, 1.807) is 7.11 Å². The van der Waals surface area contributed by atoms with Crippen molar-refractivity contribution in [1.82, 2.24) is 9.97 Å². The second kappa shape index (κ2) is 4.91. The number of H-pyrrole nitrogens is 1. The SMILES string of the molecule is CCc1[nH]c(-c2ccc(OC)cc2)nc1C(=O)O. The average molecular weight is 246 g/mol. The van der Waals surface area contributed by atoms with Crippen LogP contribution in [0.15, 0.2) is 24.3 Å². The normalized spacial score (nSPS) is 10.3. The lowest BCUT2D eigenvalue weighted by Gasteiger charge is -2.00. The van der Waals surface area contributed by atoms with Crippen molar-refractivity contribution in [1.29, 1.82) is 0 Å². The van der Waals surface area contributed by atoms with Crippen LogP contribution in [0.1, 0.15) is 23.1 Å². The molecule has 0 radical (unpaired) electrons. The number of carbonyl (C=O) groups is 1. The van der Waals surface area contributed by atoms with Crippen molar-refractivity contribution in [2.24, 2.45) is 0 Å². The number of rotatable bonds is 4. The molecule has 0 unspecified atom stereocenters. The van der Waals surface area contributed by atoms with Gasteiger partial charge in [-0.05, 0) is 30.7 Å². The number of hydrogen-bond acceptors (Lipinski definition) is 3. The summed E-state index contributed by atoms with van der Waals surface area (Å²) in [5.41, 5.74) is 1.55.